The molecule has 0 aliphatic rings. The predicted molar refractivity (Wildman–Crippen MR) is 58.4 cm³/mol. The Labute approximate surface area is 93.9 Å². The Balaban J connectivity index is 2.02. The van der Waals surface area contributed by atoms with Crippen molar-refractivity contribution in [3.63, 3.8) is 0 Å². The molecular weight excluding hydrogens is 264 g/mol. The summed E-state index contributed by atoms with van der Waals surface area (Å²) in [6.07, 6.45) is 1.71. The molecule has 0 aliphatic carbocycles. The van der Waals surface area contributed by atoms with E-state index < -0.39 is 0 Å². The van der Waals surface area contributed by atoms with Crippen molar-refractivity contribution in [2.75, 3.05) is 0 Å². The fourth-order valence-electron chi connectivity index (χ4n) is 0.939. The molecule has 2 rings (SSSR count). The number of halogens is 1. The van der Waals surface area contributed by atoms with Crippen LogP contribution in [-0.2, 0) is 6.61 Å². The summed E-state index contributed by atoms with van der Waals surface area (Å²) < 4.78 is 6.23. The highest BCUT2D eigenvalue weighted by Crippen LogP contribution is 2.21. The first-order valence-corrected chi connectivity index (χ1v) is 5.70. The molecule has 2 aromatic heterocycles. The lowest BCUT2D eigenvalue weighted by Crippen LogP contribution is -1.96. The van der Waals surface area contributed by atoms with E-state index in [9.17, 15) is 0 Å². The molecular formula is C9H7BrN2OS. The molecule has 0 unspecified atom stereocenters. The van der Waals surface area contributed by atoms with Gasteiger partial charge in [-0.25, -0.2) is 9.97 Å². The van der Waals surface area contributed by atoms with Crippen LogP contribution in [0.4, 0.5) is 0 Å². The van der Waals surface area contributed by atoms with Crippen LogP contribution < -0.4 is 4.74 Å². The van der Waals surface area contributed by atoms with Gasteiger partial charge < -0.3 is 4.74 Å². The normalized spacial score (nSPS) is 10.1. The molecule has 0 saturated heterocycles. The minimum Gasteiger partial charge on any atom is -0.484 e. The summed E-state index contributed by atoms with van der Waals surface area (Å²) >= 11 is 4.87. The molecule has 0 amide bonds. The SMILES string of the molecule is Brc1ncccc1OCc1cscn1. The Bertz CT molecular complexity index is 405. The van der Waals surface area contributed by atoms with Crippen LogP contribution in [0.3, 0.4) is 0 Å². The second-order valence-corrected chi connectivity index (χ2v) is 4.03. The second kappa shape index (κ2) is 4.52. The lowest BCUT2D eigenvalue weighted by Gasteiger charge is -2.04. The monoisotopic (exact) mass is 270 g/mol. The maximum Gasteiger partial charge on any atom is 0.152 e. The summed E-state index contributed by atoms with van der Waals surface area (Å²) in [7, 11) is 0. The van der Waals surface area contributed by atoms with Gasteiger partial charge in [0.25, 0.3) is 0 Å². The number of hydrogen-bond donors (Lipinski definition) is 0. The molecule has 0 aromatic carbocycles. The first-order valence-electron chi connectivity index (χ1n) is 3.96. The first kappa shape index (κ1) is 9.61. The van der Waals surface area contributed by atoms with Crippen LogP contribution in [0.5, 0.6) is 5.75 Å². The standard InChI is InChI=1S/C9H7BrN2OS/c10-9-8(2-1-3-11-9)13-4-7-5-14-6-12-7/h1-3,5-6H,4H2. The Kier molecular flexibility index (Phi) is 3.10. The van der Waals surface area contributed by atoms with Gasteiger partial charge in [0.05, 0.1) is 11.2 Å². The molecule has 0 N–H and O–H groups in total. The molecule has 0 radical (unpaired) electrons. The van der Waals surface area contributed by atoms with Gasteiger partial charge in [-0.3, -0.25) is 0 Å². The zero-order valence-corrected chi connectivity index (χ0v) is 9.59. The van der Waals surface area contributed by atoms with Gasteiger partial charge in [-0.05, 0) is 28.1 Å². The number of nitrogens with zero attached hydrogens (tertiary/aromatic N) is 2. The molecule has 0 fully saturated rings. The average molecular weight is 271 g/mol. The minimum atomic E-state index is 0.480. The van der Waals surface area contributed by atoms with Crippen molar-refractivity contribution in [3.8, 4) is 5.75 Å². The fourth-order valence-corrected chi connectivity index (χ4v) is 1.85. The number of aromatic nitrogens is 2. The van der Waals surface area contributed by atoms with Crippen molar-refractivity contribution >= 4 is 27.3 Å². The van der Waals surface area contributed by atoms with Crippen LogP contribution in [0.2, 0.25) is 0 Å². The minimum absolute atomic E-state index is 0.480. The van der Waals surface area contributed by atoms with Gasteiger partial charge in [0.2, 0.25) is 0 Å². The van der Waals surface area contributed by atoms with Gasteiger partial charge in [0.1, 0.15) is 11.2 Å². The van der Waals surface area contributed by atoms with Crippen LogP contribution in [0.1, 0.15) is 5.69 Å². The van der Waals surface area contributed by atoms with E-state index in [0.717, 1.165) is 16.0 Å². The smallest absolute Gasteiger partial charge is 0.152 e. The number of pyridine rings is 1. The molecule has 0 atom stereocenters. The van der Waals surface area contributed by atoms with Gasteiger partial charge in [-0.15, -0.1) is 11.3 Å². The molecule has 0 spiro atoms. The summed E-state index contributed by atoms with van der Waals surface area (Å²) in [6.45, 7) is 0.480. The molecule has 72 valence electrons. The van der Waals surface area contributed by atoms with Gasteiger partial charge >= 0.3 is 0 Å². The van der Waals surface area contributed by atoms with Crippen LogP contribution in [0, 0.1) is 0 Å². The van der Waals surface area contributed by atoms with E-state index in [1.807, 2.05) is 17.5 Å². The summed E-state index contributed by atoms with van der Waals surface area (Å²) in [5.41, 5.74) is 2.72. The third-order valence-electron chi connectivity index (χ3n) is 1.58. The van der Waals surface area contributed by atoms with E-state index >= 15 is 0 Å². The summed E-state index contributed by atoms with van der Waals surface area (Å²) in [5, 5.41) is 1.96. The molecule has 2 aromatic rings. The number of rotatable bonds is 3. The fraction of sp³-hybridized carbons (Fsp3) is 0.111. The average Bonchev–Trinajstić information content (AvgIpc) is 2.69. The number of hydrogen-bond acceptors (Lipinski definition) is 4. The molecule has 0 aliphatic heterocycles. The highest BCUT2D eigenvalue weighted by Gasteiger charge is 2.01. The van der Waals surface area contributed by atoms with Crippen molar-refractivity contribution < 1.29 is 4.74 Å². The van der Waals surface area contributed by atoms with Gasteiger partial charge in [-0.1, -0.05) is 0 Å². The van der Waals surface area contributed by atoms with E-state index in [0.29, 0.717) is 6.61 Å². The molecule has 2 heterocycles. The van der Waals surface area contributed by atoms with Crippen molar-refractivity contribution in [3.05, 3.63) is 39.5 Å². The second-order valence-electron chi connectivity index (χ2n) is 2.56. The number of ether oxygens (including phenoxy) is 1. The maximum atomic E-state index is 5.52. The van der Waals surface area contributed by atoms with E-state index in [-0.39, 0.29) is 0 Å². The predicted octanol–water partition coefficient (Wildman–Crippen LogP) is 2.88. The first-order chi connectivity index (χ1) is 6.86. The highest BCUT2D eigenvalue weighted by molar-refractivity contribution is 9.10. The summed E-state index contributed by atoms with van der Waals surface area (Å²) in [6, 6.07) is 3.70. The van der Waals surface area contributed by atoms with Gasteiger partial charge in [-0.2, -0.15) is 0 Å². The van der Waals surface area contributed by atoms with Crippen molar-refractivity contribution in [2.45, 2.75) is 6.61 Å². The third kappa shape index (κ3) is 2.30. The zero-order chi connectivity index (χ0) is 9.80. The topological polar surface area (TPSA) is 35.0 Å². The van der Waals surface area contributed by atoms with Crippen molar-refractivity contribution in [2.24, 2.45) is 0 Å². The largest absolute Gasteiger partial charge is 0.484 e. The Morgan fingerprint density at radius 3 is 3.07 bits per heavy atom. The van der Waals surface area contributed by atoms with E-state index in [2.05, 4.69) is 25.9 Å². The van der Waals surface area contributed by atoms with Crippen LogP contribution in [0.25, 0.3) is 0 Å². The molecule has 0 saturated carbocycles. The van der Waals surface area contributed by atoms with Crippen LogP contribution in [-0.4, -0.2) is 9.97 Å². The van der Waals surface area contributed by atoms with Gasteiger partial charge in [0.15, 0.2) is 5.75 Å². The summed E-state index contributed by atoms with van der Waals surface area (Å²) in [5.74, 6) is 0.737. The van der Waals surface area contributed by atoms with E-state index in [4.69, 9.17) is 4.74 Å². The van der Waals surface area contributed by atoms with Crippen LogP contribution >= 0.6 is 27.3 Å². The lowest BCUT2D eigenvalue weighted by molar-refractivity contribution is 0.298. The summed E-state index contributed by atoms with van der Waals surface area (Å²) in [4.78, 5) is 8.17. The Morgan fingerprint density at radius 2 is 2.36 bits per heavy atom. The van der Waals surface area contributed by atoms with E-state index in [1.54, 1.807) is 23.0 Å². The van der Waals surface area contributed by atoms with Gasteiger partial charge in [0, 0.05) is 11.6 Å². The van der Waals surface area contributed by atoms with E-state index in [1.165, 1.54) is 0 Å². The Morgan fingerprint density at radius 1 is 1.43 bits per heavy atom. The number of thiazole rings is 1. The Hall–Kier alpha value is -0.940. The maximum absolute atomic E-state index is 5.52. The third-order valence-corrected chi connectivity index (χ3v) is 2.81. The van der Waals surface area contributed by atoms with Crippen molar-refractivity contribution in [1.82, 2.24) is 9.97 Å². The molecule has 5 heteroatoms. The molecule has 0 bridgehead atoms. The lowest BCUT2D eigenvalue weighted by atomic mass is 10.4. The quantitative estimate of drug-likeness (QED) is 0.805. The van der Waals surface area contributed by atoms with Crippen molar-refractivity contribution in [1.29, 1.82) is 0 Å². The van der Waals surface area contributed by atoms with Crippen LogP contribution in [0.15, 0.2) is 33.8 Å². The molecule has 3 nitrogen and oxygen atoms in total. The molecule has 14 heavy (non-hydrogen) atoms. The zero-order valence-electron chi connectivity index (χ0n) is 7.18. The highest BCUT2D eigenvalue weighted by atomic mass is 79.9.